The van der Waals surface area contributed by atoms with Gasteiger partial charge in [0.25, 0.3) is 5.91 Å². The molecule has 0 aliphatic rings. The minimum absolute atomic E-state index is 0.247. The first-order chi connectivity index (χ1) is 15.3. The number of aromatic nitrogens is 2. The predicted octanol–water partition coefficient (Wildman–Crippen LogP) is 5.00. The maximum Gasteiger partial charge on any atom is 0.271 e. The SMILES string of the molecule is O=C(N/N=C\c1c2ccccc2cc2ccccc12)c1cccc(Cn2cccn2)c1. The first-order valence-corrected chi connectivity index (χ1v) is 10.1. The van der Waals surface area contributed by atoms with Crippen molar-refractivity contribution in [1.29, 1.82) is 0 Å². The third-order valence-corrected chi connectivity index (χ3v) is 5.27. The summed E-state index contributed by atoms with van der Waals surface area (Å²) in [4.78, 5) is 12.7. The highest BCUT2D eigenvalue weighted by Crippen LogP contribution is 2.27. The van der Waals surface area contributed by atoms with Crippen LogP contribution in [0.5, 0.6) is 0 Å². The molecular formula is C26H20N4O. The second-order valence-corrected chi connectivity index (χ2v) is 7.34. The van der Waals surface area contributed by atoms with Crippen LogP contribution >= 0.6 is 0 Å². The molecule has 0 atom stereocenters. The van der Waals surface area contributed by atoms with Crippen molar-refractivity contribution in [3.8, 4) is 0 Å². The topological polar surface area (TPSA) is 59.3 Å². The van der Waals surface area contributed by atoms with Gasteiger partial charge in [-0.3, -0.25) is 9.48 Å². The van der Waals surface area contributed by atoms with E-state index in [-0.39, 0.29) is 5.91 Å². The smallest absolute Gasteiger partial charge is 0.268 e. The lowest BCUT2D eigenvalue weighted by molar-refractivity contribution is 0.0955. The highest BCUT2D eigenvalue weighted by Gasteiger charge is 2.08. The molecule has 4 aromatic carbocycles. The number of rotatable bonds is 5. The minimum atomic E-state index is -0.247. The molecule has 0 aliphatic heterocycles. The summed E-state index contributed by atoms with van der Waals surface area (Å²) in [6, 6.07) is 27.9. The number of nitrogens with zero attached hydrogens (tertiary/aromatic N) is 3. The van der Waals surface area contributed by atoms with Gasteiger partial charge in [0.1, 0.15) is 0 Å². The summed E-state index contributed by atoms with van der Waals surface area (Å²) in [5.41, 5.74) is 5.22. The number of carbonyl (C=O) groups excluding carboxylic acids is 1. The van der Waals surface area contributed by atoms with Crippen LogP contribution in [0.15, 0.2) is 102 Å². The zero-order valence-electron chi connectivity index (χ0n) is 16.8. The number of benzene rings is 4. The van der Waals surface area contributed by atoms with Gasteiger partial charge in [0.05, 0.1) is 12.8 Å². The molecule has 31 heavy (non-hydrogen) atoms. The quantitative estimate of drug-likeness (QED) is 0.255. The molecule has 0 saturated carbocycles. The number of carbonyl (C=O) groups is 1. The third kappa shape index (κ3) is 3.94. The number of amides is 1. The van der Waals surface area contributed by atoms with E-state index in [4.69, 9.17) is 0 Å². The van der Waals surface area contributed by atoms with Crippen molar-refractivity contribution in [3.05, 3.63) is 114 Å². The summed E-state index contributed by atoms with van der Waals surface area (Å²) in [5.74, 6) is -0.247. The Kier molecular flexibility index (Phi) is 4.99. The Labute approximate surface area is 179 Å². The van der Waals surface area contributed by atoms with E-state index in [0.717, 1.165) is 32.7 Å². The van der Waals surface area contributed by atoms with Crippen LogP contribution in [0.25, 0.3) is 21.5 Å². The van der Waals surface area contributed by atoms with Crippen molar-refractivity contribution in [3.63, 3.8) is 0 Å². The Morgan fingerprint density at radius 3 is 2.35 bits per heavy atom. The molecule has 0 saturated heterocycles. The molecular weight excluding hydrogens is 384 g/mol. The molecule has 0 spiro atoms. The van der Waals surface area contributed by atoms with Gasteiger partial charge in [0.15, 0.2) is 0 Å². The van der Waals surface area contributed by atoms with E-state index in [9.17, 15) is 4.79 Å². The van der Waals surface area contributed by atoms with Crippen molar-refractivity contribution in [2.75, 3.05) is 0 Å². The van der Waals surface area contributed by atoms with Gasteiger partial charge in [0.2, 0.25) is 0 Å². The van der Waals surface area contributed by atoms with Crippen LogP contribution in [0.2, 0.25) is 0 Å². The zero-order chi connectivity index (χ0) is 21.0. The molecule has 5 aromatic rings. The molecule has 0 fully saturated rings. The molecule has 1 aromatic heterocycles. The van der Waals surface area contributed by atoms with Gasteiger partial charge in [-0.2, -0.15) is 10.2 Å². The van der Waals surface area contributed by atoms with Gasteiger partial charge in [-0.15, -0.1) is 0 Å². The number of nitrogens with one attached hydrogen (secondary N) is 1. The summed E-state index contributed by atoms with van der Waals surface area (Å²) in [6.07, 6.45) is 5.37. The van der Waals surface area contributed by atoms with E-state index in [1.165, 1.54) is 0 Å². The fraction of sp³-hybridized carbons (Fsp3) is 0.0385. The Morgan fingerprint density at radius 1 is 0.903 bits per heavy atom. The van der Waals surface area contributed by atoms with E-state index in [1.54, 1.807) is 18.5 Å². The number of fused-ring (bicyclic) bond motifs is 2. The number of hydrogen-bond donors (Lipinski definition) is 1. The Bertz CT molecular complexity index is 1350. The summed E-state index contributed by atoms with van der Waals surface area (Å²) >= 11 is 0. The van der Waals surface area contributed by atoms with Gasteiger partial charge >= 0.3 is 0 Å². The molecule has 5 nitrogen and oxygen atoms in total. The number of hydrogen-bond acceptors (Lipinski definition) is 3. The summed E-state index contributed by atoms with van der Waals surface area (Å²) in [7, 11) is 0. The lowest BCUT2D eigenvalue weighted by atomic mass is 9.97. The fourth-order valence-corrected chi connectivity index (χ4v) is 3.80. The van der Waals surface area contributed by atoms with Crippen molar-refractivity contribution in [2.24, 2.45) is 5.10 Å². The van der Waals surface area contributed by atoms with Crippen molar-refractivity contribution < 1.29 is 4.79 Å². The molecule has 5 heteroatoms. The van der Waals surface area contributed by atoms with Crippen LogP contribution in [-0.2, 0) is 6.54 Å². The lowest BCUT2D eigenvalue weighted by Crippen LogP contribution is -2.18. The van der Waals surface area contributed by atoms with E-state index >= 15 is 0 Å². The molecule has 5 rings (SSSR count). The normalized spacial score (nSPS) is 11.4. The Morgan fingerprint density at radius 2 is 1.65 bits per heavy atom. The van der Waals surface area contributed by atoms with Crippen LogP contribution < -0.4 is 5.43 Å². The number of hydrazone groups is 1. The van der Waals surface area contributed by atoms with Gasteiger partial charge in [-0.25, -0.2) is 5.43 Å². The Balaban J connectivity index is 1.40. The van der Waals surface area contributed by atoms with Gasteiger partial charge in [0, 0.05) is 23.5 Å². The highest BCUT2D eigenvalue weighted by atomic mass is 16.2. The van der Waals surface area contributed by atoms with Crippen LogP contribution in [0, 0.1) is 0 Å². The lowest BCUT2D eigenvalue weighted by Gasteiger charge is -2.08. The molecule has 1 N–H and O–H groups in total. The van der Waals surface area contributed by atoms with Crippen molar-refractivity contribution >= 4 is 33.7 Å². The molecule has 0 radical (unpaired) electrons. The van der Waals surface area contributed by atoms with E-state index in [2.05, 4.69) is 46.0 Å². The van der Waals surface area contributed by atoms with Crippen molar-refractivity contribution in [1.82, 2.24) is 15.2 Å². The van der Waals surface area contributed by atoms with Gasteiger partial charge in [-0.05, 0) is 51.4 Å². The fourth-order valence-electron chi connectivity index (χ4n) is 3.80. The van der Waals surface area contributed by atoms with Crippen LogP contribution in [0.3, 0.4) is 0 Å². The summed E-state index contributed by atoms with van der Waals surface area (Å²) in [6.45, 7) is 0.610. The molecule has 0 aliphatic carbocycles. The van der Waals surface area contributed by atoms with Crippen LogP contribution in [0.4, 0.5) is 0 Å². The summed E-state index contributed by atoms with van der Waals surface area (Å²) in [5, 5.41) is 13.0. The van der Waals surface area contributed by atoms with Crippen LogP contribution in [-0.4, -0.2) is 21.9 Å². The maximum absolute atomic E-state index is 12.7. The predicted molar refractivity (Wildman–Crippen MR) is 124 cm³/mol. The first kappa shape index (κ1) is 18.8. The third-order valence-electron chi connectivity index (χ3n) is 5.27. The molecule has 0 bridgehead atoms. The molecule has 1 amide bonds. The van der Waals surface area contributed by atoms with E-state index in [0.29, 0.717) is 12.1 Å². The van der Waals surface area contributed by atoms with Crippen LogP contribution in [0.1, 0.15) is 21.5 Å². The van der Waals surface area contributed by atoms with Crippen molar-refractivity contribution in [2.45, 2.75) is 6.54 Å². The molecule has 1 heterocycles. The zero-order valence-corrected chi connectivity index (χ0v) is 16.8. The molecule has 0 unspecified atom stereocenters. The largest absolute Gasteiger partial charge is 0.271 e. The van der Waals surface area contributed by atoms with Gasteiger partial charge in [-0.1, -0.05) is 60.7 Å². The maximum atomic E-state index is 12.7. The standard InChI is InChI=1S/C26H20N4O/c31-26(22-10-5-7-19(15-22)18-30-14-6-13-28-30)29-27-17-25-23-11-3-1-8-20(23)16-21-9-2-4-12-24(21)25/h1-17H,18H2,(H,29,31)/b27-17-. The monoisotopic (exact) mass is 404 g/mol. The van der Waals surface area contributed by atoms with E-state index in [1.807, 2.05) is 59.4 Å². The average Bonchev–Trinajstić information content (AvgIpc) is 3.31. The second kappa shape index (κ2) is 8.24. The van der Waals surface area contributed by atoms with E-state index < -0.39 is 0 Å². The highest BCUT2D eigenvalue weighted by molar-refractivity contribution is 6.13. The summed E-state index contributed by atoms with van der Waals surface area (Å²) < 4.78 is 1.82. The average molecular weight is 404 g/mol. The first-order valence-electron chi connectivity index (χ1n) is 10.1. The molecule has 150 valence electrons. The minimum Gasteiger partial charge on any atom is -0.268 e. The van der Waals surface area contributed by atoms with Gasteiger partial charge < -0.3 is 0 Å². The second-order valence-electron chi connectivity index (χ2n) is 7.34. The Hall–Kier alpha value is -4.25.